The van der Waals surface area contributed by atoms with Gasteiger partial charge in [0.1, 0.15) is 0 Å². The molecule has 5 nitrogen and oxygen atoms in total. The van der Waals surface area contributed by atoms with Crippen LogP contribution in [0.4, 0.5) is 0 Å². The summed E-state index contributed by atoms with van der Waals surface area (Å²) in [6.45, 7) is 10.9. The third-order valence-corrected chi connectivity index (χ3v) is 5.67. The van der Waals surface area contributed by atoms with Gasteiger partial charge in [-0.25, -0.2) is 0 Å². The topological polar surface area (TPSA) is 38.8 Å². The molecule has 25 heavy (non-hydrogen) atoms. The molecule has 1 N–H and O–H groups in total. The first-order chi connectivity index (χ1) is 12.1. The van der Waals surface area contributed by atoms with Gasteiger partial charge in [-0.1, -0.05) is 23.7 Å². The molecule has 2 aliphatic heterocycles. The van der Waals surface area contributed by atoms with Gasteiger partial charge in [0.05, 0.1) is 0 Å². The summed E-state index contributed by atoms with van der Waals surface area (Å²) in [5.41, 5.74) is 1.31. The SMILES string of the molecule is CC(c1ccc(Cl)cc1)N1CCN(CCC(=O)N2CCNCC2)CC1. The molecule has 3 rings (SSSR count). The van der Waals surface area contributed by atoms with Crippen LogP contribution in [0.2, 0.25) is 5.02 Å². The summed E-state index contributed by atoms with van der Waals surface area (Å²) < 4.78 is 0. The second kappa shape index (κ2) is 8.99. The lowest BCUT2D eigenvalue weighted by atomic mass is 10.1. The second-order valence-corrected chi connectivity index (χ2v) is 7.42. The van der Waals surface area contributed by atoms with Crippen LogP contribution in [0.5, 0.6) is 0 Å². The van der Waals surface area contributed by atoms with E-state index in [9.17, 15) is 4.79 Å². The van der Waals surface area contributed by atoms with E-state index in [1.807, 2.05) is 17.0 Å². The third-order valence-electron chi connectivity index (χ3n) is 5.42. The van der Waals surface area contributed by atoms with Crippen LogP contribution in [0.25, 0.3) is 0 Å². The second-order valence-electron chi connectivity index (χ2n) is 6.99. The van der Waals surface area contributed by atoms with Crippen molar-refractivity contribution in [2.75, 3.05) is 58.9 Å². The Hall–Kier alpha value is -1.14. The Bertz CT molecular complexity index is 551. The van der Waals surface area contributed by atoms with Gasteiger partial charge in [-0.05, 0) is 24.6 Å². The number of hydrogen-bond donors (Lipinski definition) is 1. The Labute approximate surface area is 155 Å². The Morgan fingerprint density at radius 1 is 1.08 bits per heavy atom. The fourth-order valence-corrected chi connectivity index (χ4v) is 3.78. The maximum Gasteiger partial charge on any atom is 0.223 e. The molecule has 0 aromatic heterocycles. The van der Waals surface area contributed by atoms with Crippen LogP contribution in [0.1, 0.15) is 24.9 Å². The number of nitrogens with zero attached hydrogens (tertiary/aromatic N) is 3. The van der Waals surface area contributed by atoms with Gasteiger partial charge in [0.2, 0.25) is 5.91 Å². The van der Waals surface area contributed by atoms with Crippen molar-refractivity contribution in [3.05, 3.63) is 34.9 Å². The standard InChI is InChI=1S/C19H29ClN4O/c1-16(17-2-4-18(20)5-3-17)23-14-12-22(13-15-23)9-6-19(25)24-10-7-21-8-11-24/h2-5,16,21H,6-15H2,1H3. The van der Waals surface area contributed by atoms with Crippen LogP contribution in [-0.4, -0.2) is 79.5 Å². The summed E-state index contributed by atoms with van der Waals surface area (Å²) in [5.74, 6) is 0.304. The molecule has 2 aliphatic rings. The molecule has 2 heterocycles. The molecule has 2 fully saturated rings. The summed E-state index contributed by atoms with van der Waals surface area (Å²) in [6.07, 6.45) is 0.646. The number of rotatable bonds is 5. The molecule has 1 aromatic carbocycles. The van der Waals surface area contributed by atoms with Crippen LogP contribution in [0.3, 0.4) is 0 Å². The highest BCUT2D eigenvalue weighted by Gasteiger charge is 2.23. The average Bonchev–Trinajstić information content (AvgIpc) is 2.67. The van der Waals surface area contributed by atoms with Crippen LogP contribution in [0.15, 0.2) is 24.3 Å². The Balaban J connectivity index is 1.40. The van der Waals surface area contributed by atoms with Crippen LogP contribution < -0.4 is 5.32 Å². The van der Waals surface area contributed by atoms with Crippen molar-refractivity contribution in [3.63, 3.8) is 0 Å². The largest absolute Gasteiger partial charge is 0.340 e. The summed E-state index contributed by atoms with van der Waals surface area (Å²) >= 11 is 5.98. The first-order valence-electron chi connectivity index (χ1n) is 9.34. The Kier molecular flexibility index (Phi) is 6.70. The number of benzene rings is 1. The number of carbonyl (C=O) groups excluding carboxylic acids is 1. The van der Waals surface area contributed by atoms with Crippen molar-refractivity contribution in [2.24, 2.45) is 0 Å². The number of piperazine rings is 2. The van der Waals surface area contributed by atoms with E-state index < -0.39 is 0 Å². The molecule has 1 atom stereocenters. The summed E-state index contributed by atoms with van der Waals surface area (Å²) in [4.78, 5) is 19.2. The molecule has 1 amide bonds. The zero-order chi connectivity index (χ0) is 17.6. The van der Waals surface area contributed by atoms with E-state index >= 15 is 0 Å². The summed E-state index contributed by atoms with van der Waals surface area (Å²) in [5, 5.41) is 4.08. The Morgan fingerprint density at radius 2 is 1.72 bits per heavy atom. The van der Waals surface area contributed by atoms with E-state index in [0.29, 0.717) is 18.4 Å². The van der Waals surface area contributed by atoms with E-state index in [0.717, 1.165) is 63.9 Å². The normalized spacial score (nSPS) is 21.3. The van der Waals surface area contributed by atoms with Crippen molar-refractivity contribution in [2.45, 2.75) is 19.4 Å². The molecule has 0 bridgehead atoms. The van der Waals surface area contributed by atoms with Crippen molar-refractivity contribution < 1.29 is 4.79 Å². The van der Waals surface area contributed by atoms with E-state index in [1.54, 1.807) is 0 Å². The van der Waals surface area contributed by atoms with Crippen LogP contribution in [-0.2, 0) is 4.79 Å². The Morgan fingerprint density at radius 3 is 2.36 bits per heavy atom. The third kappa shape index (κ3) is 5.17. The molecule has 1 unspecified atom stereocenters. The van der Waals surface area contributed by atoms with E-state index in [-0.39, 0.29) is 0 Å². The van der Waals surface area contributed by atoms with Gasteiger partial charge >= 0.3 is 0 Å². The predicted octanol–water partition coefficient (Wildman–Crippen LogP) is 1.84. The molecular formula is C19H29ClN4O. The lowest BCUT2D eigenvalue weighted by Crippen LogP contribution is -2.49. The number of amides is 1. The predicted molar refractivity (Wildman–Crippen MR) is 102 cm³/mol. The molecule has 1 aromatic rings. The number of halogens is 1. The van der Waals surface area contributed by atoms with Crippen LogP contribution in [0, 0.1) is 0 Å². The molecule has 0 spiro atoms. The molecule has 0 radical (unpaired) electrons. The fourth-order valence-electron chi connectivity index (χ4n) is 3.65. The van der Waals surface area contributed by atoms with Gasteiger partial charge in [-0.15, -0.1) is 0 Å². The quantitative estimate of drug-likeness (QED) is 0.865. The molecule has 6 heteroatoms. The first kappa shape index (κ1) is 18.6. The minimum atomic E-state index is 0.304. The van der Waals surface area contributed by atoms with E-state index in [4.69, 9.17) is 11.6 Å². The molecule has 0 aliphatic carbocycles. The highest BCUT2D eigenvalue weighted by Crippen LogP contribution is 2.23. The number of hydrogen-bond acceptors (Lipinski definition) is 4. The number of carbonyl (C=O) groups is 1. The maximum absolute atomic E-state index is 12.3. The first-order valence-corrected chi connectivity index (χ1v) is 9.71. The van der Waals surface area contributed by atoms with Crippen molar-refractivity contribution in [1.82, 2.24) is 20.0 Å². The molecule has 138 valence electrons. The number of nitrogens with one attached hydrogen (secondary N) is 1. The van der Waals surface area contributed by atoms with Crippen molar-refractivity contribution in [3.8, 4) is 0 Å². The van der Waals surface area contributed by atoms with Gasteiger partial charge < -0.3 is 15.1 Å². The summed E-state index contributed by atoms with van der Waals surface area (Å²) in [7, 11) is 0. The fraction of sp³-hybridized carbons (Fsp3) is 0.632. The van der Waals surface area contributed by atoms with Gasteiger partial charge in [0.25, 0.3) is 0 Å². The smallest absolute Gasteiger partial charge is 0.223 e. The highest BCUT2D eigenvalue weighted by molar-refractivity contribution is 6.30. The molecular weight excluding hydrogens is 336 g/mol. The maximum atomic E-state index is 12.3. The van der Waals surface area contributed by atoms with Gasteiger partial charge in [-0.2, -0.15) is 0 Å². The zero-order valence-corrected chi connectivity index (χ0v) is 15.8. The van der Waals surface area contributed by atoms with Gasteiger partial charge in [0, 0.05) is 76.4 Å². The summed E-state index contributed by atoms with van der Waals surface area (Å²) in [6, 6.07) is 8.57. The zero-order valence-electron chi connectivity index (χ0n) is 15.1. The monoisotopic (exact) mass is 364 g/mol. The minimum absolute atomic E-state index is 0.304. The lowest BCUT2D eigenvalue weighted by Gasteiger charge is -2.38. The van der Waals surface area contributed by atoms with Gasteiger partial charge in [0.15, 0.2) is 0 Å². The van der Waals surface area contributed by atoms with Crippen LogP contribution >= 0.6 is 11.6 Å². The minimum Gasteiger partial charge on any atom is -0.340 e. The van der Waals surface area contributed by atoms with Crippen molar-refractivity contribution >= 4 is 17.5 Å². The van der Waals surface area contributed by atoms with Gasteiger partial charge in [-0.3, -0.25) is 9.69 Å². The van der Waals surface area contributed by atoms with E-state index in [2.05, 4.69) is 34.2 Å². The molecule has 2 saturated heterocycles. The lowest BCUT2D eigenvalue weighted by molar-refractivity contribution is -0.132. The molecule has 0 saturated carbocycles. The van der Waals surface area contributed by atoms with Crippen molar-refractivity contribution in [1.29, 1.82) is 0 Å². The average molecular weight is 365 g/mol. The highest BCUT2D eigenvalue weighted by atomic mass is 35.5. The van der Waals surface area contributed by atoms with E-state index in [1.165, 1.54) is 5.56 Å².